The minimum atomic E-state index is -0.338. The summed E-state index contributed by atoms with van der Waals surface area (Å²) >= 11 is 5.92. The van der Waals surface area contributed by atoms with Crippen LogP contribution in [0.5, 0.6) is 0 Å². The first-order chi connectivity index (χ1) is 7.20. The number of hydrogen-bond acceptors (Lipinski definition) is 1. The Morgan fingerprint density at radius 3 is 2.80 bits per heavy atom. The fraction of sp³-hybridized carbons (Fsp3) is 0.182. The molecule has 0 aliphatic carbocycles. The Labute approximate surface area is 92.1 Å². The van der Waals surface area contributed by atoms with Gasteiger partial charge in [0, 0.05) is 11.3 Å². The van der Waals surface area contributed by atoms with Crippen LogP contribution in [0, 0.1) is 5.82 Å². The van der Waals surface area contributed by atoms with Crippen LogP contribution < -0.4 is 0 Å². The van der Waals surface area contributed by atoms with Crippen LogP contribution >= 0.6 is 11.6 Å². The molecule has 2 nitrogen and oxygen atoms in total. The molecule has 0 unspecified atom stereocenters. The summed E-state index contributed by atoms with van der Waals surface area (Å²) in [5.41, 5.74) is 2.52. The normalized spacial score (nSPS) is 10.6. The van der Waals surface area contributed by atoms with Crippen molar-refractivity contribution in [1.82, 2.24) is 10.2 Å². The third-order valence-corrected chi connectivity index (χ3v) is 2.53. The number of aryl methyl sites for hydroxylation is 1. The van der Waals surface area contributed by atoms with Crippen LogP contribution in [-0.4, -0.2) is 10.2 Å². The third-order valence-electron chi connectivity index (χ3n) is 2.22. The molecule has 1 heterocycles. The number of nitrogens with zero attached hydrogens (tertiary/aromatic N) is 1. The van der Waals surface area contributed by atoms with E-state index in [2.05, 4.69) is 10.2 Å². The van der Waals surface area contributed by atoms with Gasteiger partial charge in [-0.15, -0.1) is 0 Å². The van der Waals surface area contributed by atoms with Gasteiger partial charge in [0.25, 0.3) is 0 Å². The summed E-state index contributed by atoms with van der Waals surface area (Å²) < 4.78 is 12.8. The number of H-pyrrole nitrogens is 1. The Kier molecular flexibility index (Phi) is 2.73. The smallest absolute Gasteiger partial charge is 0.124 e. The molecule has 0 atom stereocenters. The van der Waals surface area contributed by atoms with E-state index >= 15 is 0 Å². The molecule has 15 heavy (non-hydrogen) atoms. The van der Waals surface area contributed by atoms with Crippen molar-refractivity contribution in [2.24, 2.45) is 0 Å². The third kappa shape index (κ3) is 2.02. The molecule has 78 valence electrons. The summed E-state index contributed by atoms with van der Waals surface area (Å²) in [6, 6.07) is 6.21. The largest absolute Gasteiger partial charge is 0.282 e. The Morgan fingerprint density at radius 1 is 1.40 bits per heavy atom. The molecule has 4 heteroatoms. The zero-order chi connectivity index (χ0) is 10.8. The molecule has 2 rings (SSSR count). The molecule has 0 saturated heterocycles. The van der Waals surface area contributed by atoms with Gasteiger partial charge in [-0.2, -0.15) is 5.10 Å². The van der Waals surface area contributed by atoms with Gasteiger partial charge in [-0.1, -0.05) is 18.5 Å². The molecule has 0 radical (unpaired) electrons. The second-order valence-electron chi connectivity index (χ2n) is 3.26. The average Bonchev–Trinajstić information content (AvgIpc) is 2.66. The Balaban J connectivity index is 2.44. The van der Waals surface area contributed by atoms with E-state index in [1.807, 2.05) is 13.0 Å². The molecule has 0 spiro atoms. The fourth-order valence-electron chi connectivity index (χ4n) is 1.38. The van der Waals surface area contributed by atoms with Gasteiger partial charge in [-0.3, -0.25) is 5.10 Å². The van der Waals surface area contributed by atoms with E-state index in [0.717, 1.165) is 23.4 Å². The van der Waals surface area contributed by atoms with E-state index in [0.29, 0.717) is 5.02 Å². The molecule has 1 aromatic carbocycles. The van der Waals surface area contributed by atoms with Crippen molar-refractivity contribution in [3.8, 4) is 11.3 Å². The summed E-state index contributed by atoms with van der Waals surface area (Å²) in [7, 11) is 0. The van der Waals surface area contributed by atoms with Crippen molar-refractivity contribution in [3.05, 3.63) is 40.8 Å². The maximum Gasteiger partial charge on any atom is 0.124 e. The number of hydrogen-bond donors (Lipinski definition) is 1. The van der Waals surface area contributed by atoms with Crippen molar-refractivity contribution < 1.29 is 4.39 Å². The highest BCUT2D eigenvalue weighted by atomic mass is 35.5. The number of aromatic nitrogens is 2. The summed E-state index contributed by atoms with van der Waals surface area (Å²) in [6.07, 6.45) is 0.881. The zero-order valence-corrected chi connectivity index (χ0v) is 8.98. The molecule has 0 aliphatic heterocycles. The molecule has 1 aromatic heterocycles. The lowest BCUT2D eigenvalue weighted by molar-refractivity contribution is 0.628. The second-order valence-corrected chi connectivity index (χ2v) is 3.66. The Morgan fingerprint density at radius 2 is 2.20 bits per heavy atom. The first kappa shape index (κ1) is 10.2. The molecule has 2 aromatic rings. The van der Waals surface area contributed by atoms with E-state index in [-0.39, 0.29) is 5.82 Å². The molecule has 0 aliphatic rings. The van der Waals surface area contributed by atoms with Gasteiger partial charge in [0.05, 0.1) is 10.7 Å². The summed E-state index contributed by atoms with van der Waals surface area (Å²) in [4.78, 5) is 0. The maximum absolute atomic E-state index is 12.8. The minimum absolute atomic E-state index is 0.338. The number of benzene rings is 1. The van der Waals surface area contributed by atoms with Gasteiger partial charge < -0.3 is 0 Å². The van der Waals surface area contributed by atoms with Crippen LogP contribution in [0.1, 0.15) is 12.6 Å². The van der Waals surface area contributed by atoms with Crippen LogP contribution in [0.4, 0.5) is 4.39 Å². The van der Waals surface area contributed by atoms with Crippen LogP contribution in [-0.2, 0) is 6.42 Å². The van der Waals surface area contributed by atoms with E-state index in [1.165, 1.54) is 12.1 Å². The Bertz CT molecular complexity index is 479. The van der Waals surface area contributed by atoms with Gasteiger partial charge >= 0.3 is 0 Å². The monoisotopic (exact) mass is 224 g/mol. The molecule has 1 N–H and O–H groups in total. The zero-order valence-electron chi connectivity index (χ0n) is 8.22. The lowest BCUT2D eigenvalue weighted by atomic mass is 10.1. The summed E-state index contributed by atoms with van der Waals surface area (Å²) in [5.74, 6) is -0.338. The van der Waals surface area contributed by atoms with Gasteiger partial charge in [0.1, 0.15) is 5.82 Å². The van der Waals surface area contributed by atoms with E-state index < -0.39 is 0 Å². The van der Waals surface area contributed by atoms with Gasteiger partial charge in [0.15, 0.2) is 0 Å². The fourth-order valence-corrected chi connectivity index (χ4v) is 1.64. The molecule has 0 amide bonds. The van der Waals surface area contributed by atoms with Gasteiger partial charge in [0.2, 0.25) is 0 Å². The van der Waals surface area contributed by atoms with Crippen LogP contribution in [0.25, 0.3) is 11.3 Å². The summed E-state index contributed by atoms with van der Waals surface area (Å²) in [6.45, 7) is 2.03. The predicted octanol–water partition coefficient (Wildman–Crippen LogP) is 3.43. The van der Waals surface area contributed by atoms with E-state index in [4.69, 9.17) is 11.6 Å². The van der Waals surface area contributed by atoms with Crippen LogP contribution in [0.15, 0.2) is 24.3 Å². The van der Waals surface area contributed by atoms with Crippen molar-refractivity contribution in [3.63, 3.8) is 0 Å². The van der Waals surface area contributed by atoms with Gasteiger partial charge in [-0.25, -0.2) is 4.39 Å². The quantitative estimate of drug-likeness (QED) is 0.832. The molecule has 0 fully saturated rings. The molecular weight excluding hydrogens is 215 g/mol. The maximum atomic E-state index is 12.8. The van der Waals surface area contributed by atoms with E-state index in [1.54, 1.807) is 6.07 Å². The molecule has 0 saturated carbocycles. The van der Waals surface area contributed by atoms with Crippen molar-refractivity contribution >= 4 is 11.6 Å². The molecule has 0 bridgehead atoms. The highest BCUT2D eigenvalue weighted by Gasteiger charge is 2.07. The highest BCUT2D eigenvalue weighted by molar-refractivity contribution is 6.33. The number of halogens is 2. The molecular formula is C11H10ClFN2. The van der Waals surface area contributed by atoms with E-state index in [9.17, 15) is 4.39 Å². The topological polar surface area (TPSA) is 28.7 Å². The second kappa shape index (κ2) is 4.03. The van der Waals surface area contributed by atoms with Crippen LogP contribution in [0.3, 0.4) is 0 Å². The first-order valence-electron chi connectivity index (χ1n) is 4.70. The van der Waals surface area contributed by atoms with Crippen molar-refractivity contribution in [2.45, 2.75) is 13.3 Å². The van der Waals surface area contributed by atoms with Crippen molar-refractivity contribution in [2.75, 3.05) is 0 Å². The highest BCUT2D eigenvalue weighted by Crippen LogP contribution is 2.27. The van der Waals surface area contributed by atoms with Gasteiger partial charge in [-0.05, 0) is 30.7 Å². The summed E-state index contributed by atoms with van der Waals surface area (Å²) in [5, 5.41) is 7.39. The lowest BCUT2D eigenvalue weighted by Crippen LogP contribution is -1.81. The number of nitrogens with one attached hydrogen (secondary N) is 1. The first-order valence-corrected chi connectivity index (χ1v) is 5.08. The standard InChI is InChI=1S/C11H10ClFN2/c1-2-8-6-11(15-14-8)9-4-3-7(13)5-10(9)12/h3-6H,2H2,1H3,(H,14,15). The Hall–Kier alpha value is -1.35. The lowest BCUT2D eigenvalue weighted by Gasteiger charge is -1.99. The van der Waals surface area contributed by atoms with Crippen LogP contribution in [0.2, 0.25) is 5.02 Å². The predicted molar refractivity (Wildman–Crippen MR) is 58.4 cm³/mol. The SMILES string of the molecule is CCc1cc(-c2ccc(F)cc2Cl)n[nH]1. The average molecular weight is 225 g/mol. The number of aromatic amines is 1. The van der Waals surface area contributed by atoms with Crippen molar-refractivity contribution in [1.29, 1.82) is 0 Å². The number of rotatable bonds is 2. The minimum Gasteiger partial charge on any atom is -0.282 e.